The summed E-state index contributed by atoms with van der Waals surface area (Å²) < 4.78 is 0. The molecule has 1 aliphatic heterocycles. The molecule has 0 spiro atoms. The van der Waals surface area contributed by atoms with Gasteiger partial charge in [-0.3, -0.25) is 9.59 Å². The maximum atomic E-state index is 12.9. The SMILES string of the molecule is CC(C)CC(N)C(=O)C1(C(=O)O)CCCN1C(=O)C(N)CCCCN. The molecule has 0 aromatic heterocycles. The molecular formula is C17H32N4O4. The second-order valence-corrected chi connectivity index (χ2v) is 7.25. The van der Waals surface area contributed by atoms with Crippen molar-refractivity contribution in [2.75, 3.05) is 13.1 Å². The van der Waals surface area contributed by atoms with Gasteiger partial charge in [-0.2, -0.15) is 0 Å². The normalized spacial score (nSPS) is 22.9. The molecule has 7 N–H and O–H groups in total. The second-order valence-electron chi connectivity index (χ2n) is 7.25. The predicted molar refractivity (Wildman–Crippen MR) is 94.6 cm³/mol. The van der Waals surface area contributed by atoms with Crippen LogP contribution in [0.1, 0.15) is 52.4 Å². The summed E-state index contributed by atoms with van der Waals surface area (Å²) in [6, 6.07) is -1.75. The van der Waals surface area contributed by atoms with Crippen molar-refractivity contribution in [1.82, 2.24) is 4.90 Å². The maximum Gasteiger partial charge on any atom is 0.337 e. The molecule has 0 bridgehead atoms. The monoisotopic (exact) mass is 356 g/mol. The van der Waals surface area contributed by atoms with Crippen LogP contribution in [0.3, 0.4) is 0 Å². The van der Waals surface area contributed by atoms with Crippen molar-refractivity contribution < 1.29 is 19.5 Å². The fourth-order valence-corrected chi connectivity index (χ4v) is 3.45. The van der Waals surface area contributed by atoms with Crippen molar-refractivity contribution in [2.45, 2.75) is 70.0 Å². The summed E-state index contributed by atoms with van der Waals surface area (Å²) in [5.41, 5.74) is 15.5. The zero-order valence-corrected chi connectivity index (χ0v) is 15.2. The predicted octanol–water partition coefficient (Wildman–Crippen LogP) is -0.169. The van der Waals surface area contributed by atoms with Gasteiger partial charge in [0.15, 0.2) is 5.78 Å². The first-order valence-electron chi connectivity index (χ1n) is 8.98. The Morgan fingerprint density at radius 2 is 1.80 bits per heavy atom. The van der Waals surface area contributed by atoms with Gasteiger partial charge < -0.3 is 27.2 Å². The minimum absolute atomic E-state index is 0.0776. The van der Waals surface area contributed by atoms with E-state index in [0.717, 1.165) is 11.3 Å². The van der Waals surface area contributed by atoms with Crippen LogP contribution >= 0.6 is 0 Å². The number of carbonyl (C=O) groups is 3. The van der Waals surface area contributed by atoms with Crippen LogP contribution in [0.2, 0.25) is 0 Å². The molecule has 25 heavy (non-hydrogen) atoms. The zero-order chi connectivity index (χ0) is 19.2. The van der Waals surface area contributed by atoms with E-state index < -0.39 is 35.3 Å². The van der Waals surface area contributed by atoms with Crippen LogP contribution in [0.5, 0.6) is 0 Å². The van der Waals surface area contributed by atoms with Crippen molar-refractivity contribution in [3.05, 3.63) is 0 Å². The van der Waals surface area contributed by atoms with Gasteiger partial charge >= 0.3 is 5.97 Å². The number of carboxylic acids is 1. The van der Waals surface area contributed by atoms with E-state index in [4.69, 9.17) is 17.2 Å². The number of ketones is 1. The van der Waals surface area contributed by atoms with Gasteiger partial charge in [0.25, 0.3) is 0 Å². The summed E-state index contributed by atoms with van der Waals surface area (Å²) in [7, 11) is 0. The van der Waals surface area contributed by atoms with Crippen molar-refractivity contribution >= 4 is 17.7 Å². The third-order valence-corrected chi connectivity index (χ3v) is 4.76. The summed E-state index contributed by atoms with van der Waals surface area (Å²) >= 11 is 0. The summed E-state index contributed by atoms with van der Waals surface area (Å²) in [5, 5.41) is 9.80. The molecule has 1 amide bonds. The third kappa shape index (κ3) is 4.77. The van der Waals surface area contributed by atoms with Crippen molar-refractivity contribution in [3.63, 3.8) is 0 Å². The number of amides is 1. The van der Waals surface area contributed by atoms with E-state index in [1.807, 2.05) is 13.8 Å². The van der Waals surface area contributed by atoms with Crippen LogP contribution in [-0.4, -0.2) is 58.4 Å². The van der Waals surface area contributed by atoms with Gasteiger partial charge in [-0.15, -0.1) is 0 Å². The van der Waals surface area contributed by atoms with E-state index in [9.17, 15) is 19.5 Å². The number of hydrogen-bond acceptors (Lipinski definition) is 6. The molecule has 1 fully saturated rings. The standard InChI is InChI=1S/C17H32N4O4/c1-11(2)10-13(20)14(22)17(16(24)25)7-5-9-21(17)15(23)12(19)6-3-4-8-18/h11-13H,3-10,18-20H2,1-2H3,(H,24,25). The van der Waals surface area contributed by atoms with Crippen molar-refractivity contribution in [1.29, 1.82) is 0 Å². The summed E-state index contributed by atoms with van der Waals surface area (Å²) in [4.78, 5) is 38.8. The summed E-state index contributed by atoms with van der Waals surface area (Å²) in [6.07, 6.45) is 2.72. The number of nitrogens with zero attached hydrogens (tertiary/aromatic N) is 1. The maximum absolute atomic E-state index is 12.9. The number of unbranched alkanes of at least 4 members (excludes halogenated alkanes) is 1. The highest BCUT2D eigenvalue weighted by atomic mass is 16.4. The molecule has 0 aromatic rings. The van der Waals surface area contributed by atoms with E-state index in [1.54, 1.807) is 0 Å². The lowest BCUT2D eigenvalue weighted by molar-refractivity contribution is -0.162. The molecule has 1 rings (SSSR count). The first-order chi connectivity index (χ1) is 11.7. The van der Waals surface area contributed by atoms with Crippen LogP contribution in [0.15, 0.2) is 0 Å². The lowest BCUT2D eigenvalue weighted by Crippen LogP contribution is -2.64. The van der Waals surface area contributed by atoms with Gasteiger partial charge in [-0.25, -0.2) is 4.79 Å². The Balaban J connectivity index is 3.02. The highest BCUT2D eigenvalue weighted by Gasteiger charge is 2.57. The molecule has 1 saturated heterocycles. The Hall–Kier alpha value is -1.51. The first-order valence-corrected chi connectivity index (χ1v) is 8.98. The molecule has 144 valence electrons. The minimum Gasteiger partial charge on any atom is -0.479 e. The van der Waals surface area contributed by atoms with Gasteiger partial charge in [0.1, 0.15) is 0 Å². The van der Waals surface area contributed by atoms with Crippen molar-refractivity contribution in [2.24, 2.45) is 23.1 Å². The Kier molecular flexibility index (Phi) is 7.98. The average Bonchev–Trinajstić information content (AvgIpc) is 2.98. The number of carbonyl (C=O) groups excluding carboxylic acids is 2. The van der Waals surface area contributed by atoms with Gasteiger partial charge in [0.05, 0.1) is 12.1 Å². The summed E-state index contributed by atoms with van der Waals surface area (Å²) in [6.45, 7) is 4.53. The van der Waals surface area contributed by atoms with Crippen LogP contribution in [0, 0.1) is 5.92 Å². The van der Waals surface area contributed by atoms with E-state index in [0.29, 0.717) is 32.2 Å². The highest BCUT2D eigenvalue weighted by Crippen LogP contribution is 2.33. The molecule has 1 heterocycles. The molecule has 3 atom stereocenters. The fraction of sp³-hybridized carbons (Fsp3) is 0.824. The number of nitrogens with two attached hydrogens (primary N) is 3. The second kappa shape index (κ2) is 9.26. The Labute approximate surface area is 149 Å². The van der Waals surface area contributed by atoms with E-state index in [-0.39, 0.29) is 18.9 Å². The smallest absolute Gasteiger partial charge is 0.337 e. The van der Waals surface area contributed by atoms with Crippen LogP contribution in [-0.2, 0) is 14.4 Å². The number of likely N-dealkylation sites (tertiary alicyclic amines) is 1. The first kappa shape index (κ1) is 21.5. The Morgan fingerprint density at radius 3 is 2.32 bits per heavy atom. The third-order valence-electron chi connectivity index (χ3n) is 4.76. The molecule has 0 radical (unpaired) electrons. The van der Waals surface area contributed by atoms with E-state index in [2.05, 4.69) is 0 Å². The van der Waals surface area contributed by atoms with Crippen LogP contribution in [0.25, 0.3) is 0 Å². The molecule has 0 saturated carbocycles. The Bertz CT molecular complexity index is 497. The molecule has 8 nitrogen and oxygen atoms in total. The Morgan fingerprint density at radius 1 is 1.16 bits per heavy atom. The lowest BCUT2D eigenvalue weighted by atomic mass is 9.83. The molecule has 3 unspecified atom stereocenters. The lowest BCUT2D eigenvalue weighted by Gasteiger charge is -2.36. The number of aliphatic carboxylic acids is 1. The highest BCUT2D eigenvalue weighted by molar-refractivity contribution is 6.13. The zero-order valence-electron chi connectivity index (χ0n) is 15.2. The van der Waals surface area contributed by atoms with Crippen LogP contribution in [0.4, 0.5) is 0 Å². The number of rotatable bonds is 10. The molecule has 0 aromatic carbocycles. The molecular weight excluding hydrogens is 324 g/mol. The van der Waals surface area contributed by atoms with Crippen LogP contribution < -0.4 is 17.2 Å². The number of hydrogen-bond donors (Lipinski definition) is 4. The van der Waals surface area contributed by atoms with E-state index >= 15 is 0 Å². The average molecular weight is 356 g/mol. The number of carboxylic acid groups (broad SMARTS) is 1. The van der Waals surface area contributed by atoms with Gasteiger partial charge in [-0.05, 0) is 44.6 Å². The molecule has 8 heteroatoms. The van der Waals surface area contributed by atoms with Crippen molar-refractivity contribution in [3.8, 4) is 0 Å². The number of Topliss-reactive ketones (excluding diaryl/α,β-unsaturated/α-hetero) is 1. The molecule has 0 aliphatic carbocycles. The quantitative estimate of drug-likeness (QED) is 0.313. The van der Waals surface area contributed by atoms with E-state index in [1.165, 1.54) is 0 Å². The fourth-order valence-electron chi connectivity index (χ4n) is 3.45. The largest absolute Gasteiger partial charge is 0.479 e. The molecule has 1 aliphatic rings. The van der Waals surface area contributed by atoms with Gasteiger partial charge in [0, 0.05) is 6.54 Å². The summed E-state index contributed by atoms with van der Waals surface area (Å²) in [5.74, 6) is -2.28. The minimum atomic E-state index is -1.89. The van der Waals surface area contributed by atoms with Gasteiger partial charge in [0.2, 0.25) is 11.4 Å². The van der Waals surface area contributed by atoms with Gasteiger partial charge in [-0.1, -0.05) is 20.3 Å². The topological polar surface area (TPSA) is 153 Å².